The van der Waals surface area contributed by atoms with Gasteiger partial charge in [0.25, 0.3) is 0 Å². The van der Waals surface area contributed by atoms with Gasteiger partial charge in [-0.1, -0.05) is 44.5 Å². The first-order valence-corrected chi connectivity index (χ1v) is 12.7. The normalized spacial score (nSPS) is 15.0. The van der Waals surface area contributed by atoms with Gasteiger partial charge in [-0.05, 0) is 47.2 Å². The average molecular weight is 505 g/mol. The molecule has 5 rings (SSSR count). The third-order valence-corrected chi connectivity index (χ3v) is 6.98. The summed E-state index contributed by atoms with van der Waals surface area (Å²) in [4.78, 5) is 23.1. The molecule has 0 saturated carbocycles. The van der Waals surface area contributed by atoms with Gasteiger partial charge in [0.1, 0.15) is 10.7 Å². The molecule has 3 aromatic heterocycles. The first kappa shape index (κ1) is 24.5. The van der Waals surface area contributed by atoms with E-state index in [-0.39, 0.29) is 5.41 Å². The minimum absolute atomic E-state index is 0.0596. The zero-order valence-electron chi connectivity index (χ0n) is 21.6. The van der Waals surface area contributed by atoms with Gasteiger partial charge in [0.05, 0.1) is 6.33 Å². The highest BCUT2D eigenvalue weighted by atomic mass is 35.5. The van der Waals surface area contributed by atoms with Gasteiger partial charge >= 0.3 is 0 Å². The van der Waals surface area contributed by atoms with Gasteiger partial charge in [-0.25, -0.2) is 9.97 Å². The number of aromatic nitrogens is 5. The largest absolute Gasteiger partial charge is 0.338 e. The molecule has 1 aliphatic heterocycles. The molecule has 8 nitrogen and oxygen atoms in total. The van der Waals surface area contributed by atoms with E-state index in [2.05, 4.69) is 71.0 Å². The van der Waals surface area contributed by atoms with Crippen molar-refractivity contribution >= 4 is 40.2 Å². The van der Waals surface area contributed by atoms with Crippen molar-refractivity contribution < 1.29 is 0 Å². The molecule has 0 unspecified atom stereocenters. The molecule has 0 spiro atoms. The van der Waals surface area contributed by atoms with Gasteiger partial charge < -0.3 is 14.8 Å². The molecule has 9 heteroatoms. The summed E-state index contributed by atoms with van der Waals surface area (Å²) in [5.41, 5.74) is 6.32. The number of piperazine rings is 1. The van der Waals surface area contributed by atoms with Crippen LogP contribution in [0.1, 0.15) is 37.5 Å². The smallest absolute Gasteiger partial charge is 0.229 e. The van der Waals surface area contributed by atoms with E-state index in [0.29, 0.717) is 16.7 Å². The van der Waals surface area contributed by atoms with Crippen LogP contribution in [0.3, 0.4) is 0 Å². The molecule has 36 heavy (non-hydrogen) atoms. The summed E-state index contributed by atoms with van der Waals surface area (Å²) in [5.74, 6) is 1.48. The molecule has 0 radical (unpaired) electrons. The van der Waals surface area contributed by atoms with Crippen molar-refractivity contribution in [2.24, 2.45) is 7.05 Å². The molecule has 1 saturated heterocycles. The first-order chi connectivity index (χ1) is 17.2. The topological polar surface area (TPSA) is 75.0 Å². The Labute approximate surface area is 217 Å². The van der Waals surface area contributed by atoms with Crippen molar-refractivity contribution in [1.29, 1.82) is 0 Å². The Morgan fingerprint density at radius 1 is 1.00 bits per heavy atom. The lowest BCUT2D eigenvalue weighted by molar-refractivity contribution is 0.248. The molecule has 0 atom stereocenters. The van der Waals surface area contributed by atoms with E-state index >= 15 is 0 Å². The summed E-state index contributed by atoms with van der Waals surface area (Å²) in [6.45, 7) is 13.2. The Balaban J connectivity index is 1.39. The number of nitrogens with zero attached hydrogens (tertiary/aromatic N) is 7. The van der Waals surface area contributed by atoms with E-state index in [0.717, 1.165) is 49.7 Å². The van der Waals surface area contributed by atoms with E-state index in [9.17, 15) is 0 Å². The van der Waals surface area contributed by atoms with Crippen molar-refractivity contribution in [3.05, 3.63) is 64.7 Å². The van der Waals surface area contributed by atoms with Crippen LogP contribution in [-0.2, 0) is 19.0 Å². The number of benzene rings is 1. The van der Waals surface area contributed by atoms with Crippen molar-refractivity contribution in [2.45, 2.75) is 39.7 Å². The molecule has 1 N–H and O–H groups in total. The highest BCUT2D eigenvalue weighted by Crippen LogP contribution is 2.31. The van der Waals surface area contributed by atoms with Crippen LogP contribution in [0.4, 0.5) is 17.5 Å². The van der Waals surface area contributed by atoms with Crippen LogP contribution in [0, 0.1) is 6.92 Å². The Bertz CT molecular complexity index is 1380. The summed E-state index contributed by atoms with van der Waals surface area (Å²) in [6.07, 6.45) is 3.56. The van der Waals surface area contributed by atoms with Gasteiger partial charge in [-0.3, -0.25) is 4.90 Å². The number of imidazole rings is 1. The van der Waals surface area contributed by atoms with E-state index in [4.69, 9.17) is 21.6 Å². The van der Waals surface area contributed by atoms with Crippen LogP contribution in [0.2, 0.25) is 5.15 Å². The quantitative estimate of drug-likeness (QED) is 0.380. The number of fused-ring (bicyclic) bond motifs is 1. The number of hydrogen-bond acceptors (Lipinski definition) is 7. The summed E-state index contributed by atoms with van der Waals surface area (Å²) < 4.78 is 1.97. The molecule has 0 amide bonds. The summed E-state index contributed by atoms with van der Waals surface area (Å²) >= 11 is 6.06. The second-order valence-electron chi connectivity index (χ2n) is 10.6. The molecular formula is C27H33ClN8. The van der Waals surface area contributed by atoms with Gasteiger partial charge in [-0.2, -0.15) is 9.97 Å². The molecule has 0 bridgehead atoms. The van der Waals surface area contributed by atoms with E-state index in [1.165, 1.54) is 16.7 Å². The molecule has 4 aromatic rings. The van der Waals surface area contributed by atoms with Gasteiger partial charge in [0, 0.05) is 51.7 Å². The van der Waals surface area contributed by atoms with Gasteiger partial charge in [0.2, 0.25) is 5.95 Å². The average Bonchev–Trinajstić information content (AvgIpc) is 3.21. The number of nitrogens with one attached hydrogen (secondary N) is 1. The fourth-order valence-electron chi connectivity index (χ4n) is 4.53. The van der Waals surface area contributed by atoms with E-state index in [1.54, 1.807) is 12.5 Å². The van der Waals surface area contributed by atoms with Crippen molar-refractivity contribution in [3.8, 4) is 0 Å². The van der Waals surface area contributed by atoms with Gasteiger partial charge in [-0.15, -0.1) is 0 Å². The maximum absolute atomic E-state index is 6.06. The lowest BCUT2D eigenvalue weighted by Crippen LogP contribution is -2.46. The van der Waals surface area contributed by atoms with Crippen molar-refractivity contribution in [1.82, 2.24) is 29.4 Å². The lowest BCUT2D eigenvalue weighted by atomic mass is 9.86. The zero-order chi connectivity index (χ0) is 25.4. The Morgan fingerprint density at radius 2 is 1.78 bits per heavy atom. The minimum atomic E-state index is 0.0596. The Hall–Kier alpha value is -3.23. The Kier molecular flexibility index (Phi) is 6.57. The molecule has 4 heterocycles. The van der Waals surface area contributed by atoms with Crippen LogP contribution in [0.5, 0.6) is 0 Å². The number of aryl methyl sites for hydroxylation is 2. The predicted molar refractivity (Wildman–Crippen MR) is 146 cm³/mol. The number of hydrogen-bond donors (Lipinski definition) is 1. The third-order valence-electron chi connectivity index (χ3n) is 6.77. The zero-order valence-corrected chi connectivity index (χ0v) is 22.3. The molecule has 1 aromatic carbocycles. The highest BCUT2D eigenvalue weighted by Gasteiger charge is 2.23. The number of halogens is 1. The lowest BCUT2D eigenvalue weighted by Gasteiger charge is -2.34. The molecular weight excluding hydrogens is 472 g/mol. The summed E-state index contributed by atoms with van der Waals surface area (Å²) in [6, 6.07) is 10.5. The molecule has 1 fully saturated rings. The van der Waals surface area contributed by atoms with Crippen LogP contribution in [0.15, 0.2) is 42.9 Å². The van der Waals surface area contributed by atoms with Gasteiger partial charge in [0.15, 0.2) is 11.5 Å². The predicted octanol–water partition coefficient (Wildman–Crippen LogP) is 5.08. The third kappa shape index (κ3) is 5.15. The SMILES string of the molecule is Cc1ccc(C(C)(C)C)cc1Nc1nc(N2CCN(Cc3ccnc(Cl)c3)CC2)nc2ncn(C)c12. The monoisotopic (exact) mass is 504 g/mol. The van der Waals surface area contributed by atoms with Crippen LogP contribution in [-0.4, -0.2) is 55.6 Å². The number of anilines is 3. The highest BCUT2D eigenvalue weighted by molar-refractivity contribution is 6.29. The standard InChI is InChI=1S/C27H33ClN8/c1-18-6-7-20(27(2,3)4)15-21(18)31-25-23-24(30-17-34(23)5)32-26(33-25)36-12-10-35(11-13-36)16-19-8-9-29-22(28)14-19/h6-9,14-15,17H,10-13,16H2,1-5H3,(H,31,32,33). The van der Waals surface area contributed by atoms with Crippen molar-refractivity contribution in [3.63, 3.8) is 0 Å². The second kappa shape index (κ2) is 9.67. The fourth-order valence-corrected chi connectivity index (χ4v) is 4.73. The van der Waals surface area contributed by atoms with Crippen LogP contribution >= 0.6 is 11.6 Å². The maximum atomic E-state index is 6.06. The Morgan fingerprint density at radius 3 is 2.50 bits per heavy atom. The molecule has 188 valence electrons. The second-order valence-corrected chi connectivity index (χ2v) is 10.9. The summed E-state index contributed by atoms with van der Waals surface area (Å²) in [7, 11) is 1.98. The minimum Gasteiger partial charge on any atom is -0.338 e. The number of rotatable bonds is 5. The molecule has 0 aliphatic carbocycles. The summed E-state index contributed by atoms with van der Waals surface area (Å²) in [5, 5.41) is 4.15. The van der Waals surface area contributed by atoms with E-state index in [1.807, 2.05) is 23.7 Å². The van der Waals surface area contributed by atoms with Crippen LogP contribution < -0.4 is 10.2 Å². The fraction of sp³-hybridized carbons (Fsp3) is 0.407. The number of pyridine rings is 1. The van der Waals surface area contributed by atoms with Crippen molar-refractivity contribution in [2.75, 3.05) is 36.4 Å². The maximum Gasteiger partial charge on any atom is 0.229 e. The first-order valence-electron chi connectivity index (χ1n) is 12.3. The van der Waals surface area contributed by atoms with E-state index < -0.39 is 0 Å². The molecule has 1 aliphatic rings. The van der Waals surface area contributed by atoms with Crippen LogP contribution in [0.25, 0.3) is 11.2 Å².